The molecule has 2 aliphatic rings. The third-order valence-corrected chi connectivity index (χ3v) is 6.46. The van der Waals surface area contributed by atoms with Gasteiger partial charge in [-0.05, 0) is 37.2 Å². The molecule has 0 spiro atoms. The van der Waals surface area contributed by atoms with Crippen molar-refractivity contribution < 1.29 is 19.5 Å². The van der Waals surface area contributed by atoms with Crippen LogP contribution in [0.3, 0.4) is 0 Å². The quantitative estimate of drug-likeness (QED) is 0.189. The third kappa shape index (κ3) is 9.91. The van der Waals surface area contributed by atoms with Crippen LogP contribution in [0.4, 0.5) is 0 Å². The number of carboxylic acids is 1. The summed E-state index contributed by atoms with van der Waals surface area (Å²) in [5, 5.41) is 21.5. The molecule has 2 fully saturated rings. The number of hydrogen-bond donors (Lipinski definition) is 5. The topological polar surface area (TPSA) is 149 Å². The molecule has 1 saturated heterocycles. The summed E-state index contributed by atoms with van der Waals surface area (Å²) >= 11 is 0. The Bertz CT molecular complexity index is 787. The van der Waals surface area contributed by atoms with Crippen molar-refractivity contribution in [2.45, 2.75) is 70.4 Å². The van der Waals surface area contributed by atoms with Crippen LogP contribution in [0.2, 0.25) is 0 Å². The van der Waals surface area contributed by atoms with E-state index in [2.05, 4.69) is 10.6 Å². The molecule has 0 bridgehead atoms. The average molecular weight is 474 g/mol. The minimum absolute atomic E-state index is 0.0508. The van der Waals surface area contributed by atoms with Crippen LogP contribution in [0.5, 0.6) is 0 Å². The first kappa shape index (κ1) is 27.3. The molecule has 1 aliphatic heterocycles. The standard InChI is InChI=1S/C16H28N2O3.C9H11N3O/c19-15(20)12-17-14(16(21)18-10-4-5-11-18)9-8-13-6-2-1-3-7-13;10-9(11)8-3-1-7(2-4-8)5-12-6-13/h13-14,17H,1-12H2,(H,19,20);1-4,6H,5H2,(H3,10,11)(H,12,13). The number of rotatable bonds is 11. The molecule has 1 aromatic rings. The molecule has 0 aromatic heterocycles. The number of nitrogen functional groups attached to an aromatic ring is 1. The number of carbonyl (C=O) groups excluding carboxylic acids is 2. The molecule has 1 unspecified atom stereocenters. The molecule has 9 heteroatoms. The minimum Gasteiger partial charge on any atom is -0.480 e. The highest BCUT2D eigenvalue weighted by atomic mass is 16.4. The summed E-state index contributed by atoms with van der Waals surface area (Å²) in [5.74, 6) is -0.0226. The van der Waals surface area contributed by atoms with Crippen molar-refractivity contribution in [3.63, 3.8) is 0 Å². The summed E-state index contributed by atoms with van der Waals surface area (Å²) in [6.45, 7) is 2.03. The molecule has 188 valence electrons. The molecular formula is C25H39N5O4. The second kappa shape index (κ2) is 15.1. The minimum atomic E-state index is -0.896. The van der Waals surface area contributed by atoms with Crippen LogP contribution in [-0.2, 0) is 20.9 Å². The Hall–Kier alpha value is -2.94. The second-order valence-electron chi connectivity index (χ2n) is 9.05. The maximum atomic E-state index is 12.5. The molecule has 1 atom stereocenters. The van der Waals surface area contributed by atoms with Gasteiger partial charge in [-0.1, -0.05) is 56.4 Å². The summed E-state index contributed by atoms with van der Waals surface area (Å²) < 4.78 is 0. The average Bonchev–Trinajstić information content (AvgIpc) is 3.39. The molecule has 6 N–H and O–H groups in total. The number of likely N-dealkylation sites (tertiary alicyclic amines) is 1. The van der Waals surface area contributed by atoms with Gasteiger partial charge < -0.3 is 21.1 Å². The number of benzene rings is 1. The van der Waals surface area contributed by atoms with E-state index in [9.17, 15) is 14.4 Å². The Morgan fingerprint density at radius 3 is 2.32 bits per heavy atom. The molecule has 1 heterocycles. The zero-order chi connectivity index (χ0) is 24.8. The van der Waals surface area contributed by atoms with E-state index in [1.807, 2.05) is 17.0 Å². The molecule has 0 radical (unpaired) electrons. The SMILES string of the molecule is N=C(N)c1ccc(CNC=O)cc1.O=C(O)CNC(CCC1CCCCC1)C(=O)N1CCCC1. The van der Waals surface area contributed by atoms with Crippen molar-refractivity contribution in [3.8, 4) is 0 Å². The van der Waals surface area contributed by atoms with Gasteiger partial charge in [-0.25, -0.2) is 0 Å². The van der Waals surface area contributed by atoms with Crippen LogP contribution in [0.1, 0.15) is 68.9 Å². The van der Waals surface area contributed by atoms with Crippen LogP contribution in [0, 0.1) is 11.3 Å². The van der Waals surface area contributed by atoms with Crippen LogP contribution in [0.15, 0.2) is 24.3 Å². The van der Waals surface area contributed by atoms with Gasteiger partial charge in [0.2, 0.25) is 12.3 Å². The van der Waals surface area contributed by atoms with Gasteiger partial charge in [-0.3, -0.25) is 25.1 Å². The van der Waals surface area contributed by atoms with Crippen LogP contribution >= 0.6 is 0 Å². The monoisotopic (exact) mass is 473 g/mol. The maximum absolute atomic E-state index is 12.5. The molecule has 2 amide bonds. The van der Waals surface area contributed by atoms with Crippen molar-refractivity contribution in [3.05, 3.63) is 35.4 Å². The Labute approximate surface area is 202 Å². The predicted molar refractivity (Wildman–Crippen MR) is 131 cm³/mol. The number of amides is 2. The van der Waals surface area contributed by atoms with E-state index in [-0.39, 0.29) is 24.3 Å². The number of carboxylic acid groups (broad SMARTS) is 1. The fourth-order valence-electron chi connectivity index (χ4n) is 4.52. The number of aliphatic carboxylic acids is 1. The van der Waals surface area contributed by atoms with Crippen molar-refractivity contribution in [1.29, 1.82) is 5.41 Å². The number of nitrogens with one attached hydrogen (secondary N) is 3. The van der Waals surface area contributed by atoms with Gasteiger partial charge in [0, 0.05) is 25.2 Å². The van der Waals surface area contributed by atoms with Crippen LogP contribution in [-0.4, -0.2) is 59.8 Å². The van der Waals surface area contributed by atoms with E-state index in [4.69, 9.17) is 16.2 Å². The van der Waals surface area contributed by atoms with Gasteiger partial charge in [0.1, 0.15) is 5.84 Å². The maximum Gasteiger partial charge on any atom is 0.317 e. The van der Waals surface area contributed by atoms with Gasteiger partial charge >= 0.3 is 5.97 Å². The van der Waals surface area contributed by atoms with Gasteiger partial charge in [0.25, 0.3) is 0 Å². The zero-order valence-electron chi connectivity index (χ0n) is 19.9. The van der Waals surface area contributed by atoms with Crippen molar-refractivity contribution in [2.75, 3.05) is 19.6 Å². The highest BCUT2D eigenvalue weighted by molar-refractivity contribution is 5.94. The Balaban J connectivity index is 0.000000270. The smallest absolute Gasteiger partial charge is 0.317 e. The van der Waals surface area contributed by atoms with Crippen molar-refractivity contribution in [1.82, 2.24) is 15.5 Å². The summed E-state index contributed by atoms with van der Waals surface area (Å²) in [4.78, 5) is 35.1. The van der Waals surface area contributed by atoms with E-state index in [0.29, 0.717) is 18.5 Å². The Kier molecular flexibility index (Phi) is 12.1. The number of nitrogens with zero attached hydrogens (tertiary/aromatic N) is 1. The lowest BCUT2D eigenvalue weighted by atomic mass is 9.85. The first-order chi connectivity index (χ1) is 16.4. The summed E-state index contributed by atoms with van der Waals surface area (Å²) in [6, 6.07) is 6.84. The number of carbonyl (C=O) groups is 3. The Morgan fingerprint density at radius 1 is 1.12 bits per heavy atom. The molecule has 1 aromatic carbocycles. The van der Waals surface area contributed by atoms with E-state index >= 15 is 0 Å². The molecule has 3 rings (SSSR count). The first-order valence-electron chi connectivity index (χ1n) is 12.2. The predicted octanol–water partition coefficient (Wildman–Crippen LogP) is 2.23. The molecule has 34 heavy (non-hydrogen) atoms. The highest BCUT2D eigenvalue weighted by Crippen LogP contribution is 2.28. The van der Waals surface area contributed by atoms with E-state index in [1.54, 1.807) is 12.1 Å². The summed E-state index contributed by atoms with van der Waals surface area (Å²) in [7, 11) is 0. The normalized spacial score (nSPS) is 16.8. The zero-order valence-corrected chi connectivity index (χ0v) is 19.9. The molecular weight excluding hydrogens is 434 g/mol. The van der Waals surface area contributed by atoms with E-state index in [1.165, 1.54) is 32.1 Å². The number of amidine groups is 1. The lowest BCUT2D eigenvalue weighted by molar-refractivity contribution is -0.137. The van der Waals surface area contributed by atoms with Gasteiger partial charge in [-0.15, -0.1) is 0 Å². The molecule has 9 nitrogen and oxygen atoms in total. The van der Waals surface area contributed by atoms with Crippen LogP contribution < -0.4 is 16.4 Å². The summed E-state index contributed by atoms with van der Waals surface area (Å²) in [6.07, 6.45) is 11.1. The molecule has 1 saturated carbocycles. The third-order valence-electron chi connectivity index (χ3n) is 6.46. The lowest BCUT2D eigenvalue weighted by Gasteiger charge is -2.27. The lowest BCUT2D eigenvalue weighted by Crippen LogP contribution is -2.47. The summed E-state index contributed by atoms with van der Waals surface area (Å²) in [5.41, 5.74) is 6.95. The van der Waals surface area contributed by atoms with Crippen molar-refractivity contribution >= 4 is 24.1 Å². The van der Waals surface area contributed by atoms with Gasteiger partial charge in [0.05, 0.1) is 12.6 Å². The fourth-order valence-corrected chi connectivity index (χ4v) is 4.52. The number of hydrogen-bond acceptors (Lipinski definition) is 5. The van der Waals surface area contributed by atoms with Gasteiger partial charge in [-0.2, -0.15) is 0 Å². The highest BCUT2D eigenvalue weighted by Gasteiger charge is 2.27. The van der Waals surface area contributed by atoms with Gasteiger partial charge in [0.15, 0.2) is 0 Å². The Morgan fingerprint density at radius 2 is 1.76 bits per heavy atom. The second-order valence-corrected chi connectivity index (χ2v) is 9.05. The van der Waals surface area contributed by atoms with E-state index < -0.39 is 5.97 Å². The largest absolute Gasteiger partial charge is 0.480 e. The van der Waals surface area contributed by atoms with E-state index in [0.717, 1.165) is 50.3 Å². The van der Waals surface area contributed by atoms with Crippen LogP contribution in [0.25, 0.3) is 0 Å². The fraction of sp³-hybridized carbons (Fsp3) is 0.600. The first-order valence-corrected chi connectivity index (χ1v) is 12.2. The van der Waals surface area contributed by atoms with Crippen molar-refractivity contribution in [2.24, 2.45) is 11.7 Å². The number of nitrogens with two attached hydrogens (primary N) is 1. The molecule has 1 aliphatic carbocycles.